The van der Waals surface area contributed by atoms with E-state index < -0.39 is 29.7 Å². The molecule has 0 radical (unpaired) electrons. The number of benzene rings is 1. The standard InChI is InChI=1S/C12H9F3N2O3/c13-12(14,15)9-3-7(4-16)1-2-10(9)19-6-8-5-17-11(18)20-8/h1-3,8H,5-6H2,(H,17,18). The van der Waals surface area contributed by atoms with Gasteiger partial charge in [0.2, 0.25) is 0 Å². The molecule has 1 N–H and O–H groups in total. The highest BCUT2D eigenvalue weighted by atomic mass is 19.4. The van der Waals surface area contributed by atoms with E-state index in [-0.39, 0.29) is 18.7 Å². The average Bonchev–Trinajstić information content (AvgIpc) is 2.81. The topological polar surface area (TPSA) is 71.3 Å². The first-order chi connectivity index (χ1) is 9.40. The molecule has 1 heterocycles. The van der Waals surface area contributed by atoms with E-state index in [4.69, 9.17) is 14.7 Å². The number of carbonyl (C=O) groups is 1. The zero-order valence-corrected chi connectivity index (χ0v) is 10.0. The Morgan fingerprint density at radius 3 is 2.80 bits per heavy atom. The van der Waals surface area contributed by atoms with Crippen LogP contribution in [-0.2, 0) is 10.9 Å². The van der Waals surface area contributed by atoms with Crippen LogP contribution in [0, 0.1) is 11.3 Å². The number of hydrogen-bond acceptors (Lipinski definition) is 4. The molecule has 20 heavy (non-hydrogen) atoms. The fourth-order valence-corrected chi connectivity index (χ4v) is 1.65. The Hall–Kier alpha value is -2.43. The minimum absolute atomic E-state index is 0.112. The Labute approximate surface area is 111 Å². The Morgan fingerprint density at radius 1 is 1.50 bits per heavy atom. The molecule has 0 aromatic heterocycles. The summed E-state index contributed by atoms with van der Waals surface area (Å²) in [5.74, 6) is -0.403. The van der Waals surface area contributed by atoms with Crippen molar-refractivity contribution in [3.63, 3.8) is 0 Å². The van der Waals surface area contributed by atoms with Crippen molar-refractivity contribution in [3.05, 3.63) is 29.3 Å². The number of hydrogen-bond donors (Lipinski definition) is 1. The number of rotatable bonds is 3. The van der Waals surface area contributed by atoms with Crippen LogP contribution in [0.25, 0.3) is 0 Å². The second-order valence-electron chi connectivity index (χ2n) is 4.04. The maximum atomic E-state index is 12.8. The van der Waals surface area contributed by atoms with Crippen molar-refractivity contribution in [1.82, 2.24) is 5.32 Å². The largest absolute Gasteiger partial charge is 0.489 e. The van der Waals surface area contributed by atoms with Crippen LogP contribution in [0.5, 0.6) is 5.75 Å². The second-order valence-corrected chi connectivity index (χ2v) is 4.04. The van der Waals surface area contributed by atoms with Crippen molar-refractivity contribution in [2.45, 2.75) is 12.3 Å². The number of alkyl halides is 3. The van der Waals surface area contributed by atoms with E-state index >= 15 is 0 Å². The first-order valence-electron chi connectivity index (χ1n) is 5.59. The highest BCUT2D eigenvalue weighted by Crippen LogP contribution is 2.36. The van der Waals surface area contributed by atoms with E-state index in [1.165, 1.54) is 6.07 Å². The van der Waals surface area contributed by atoms with Gasteiger partial charge in [-0.1, -0.05) is 0 Å². The average molecular weight is 286 g/mol. The van der Waals surface area contributed by atoms with E-state index in [1.807, 2.05) is 0 Å². The smallest absolute Gasteiger partial charge is 0.420 e. The van der Waals surface area contributed by atoms with Gasteiger partial charge in [0, 0.05) is 0 Å². The van der Waals surface area contributed by atoms with Crippen molar-refractivity contribution in [3.8, 4) is 11.8 Å². The summed E-state index contributed by atoms with van der Waals surface area (Å²) < 4.78 is 48.3. The molecule has 0 aliphatic carbocycles. The Bertz CT molecular complexity index is 566. The third-order valence-corrected chi connectivity index (χ3v) is 2.59. The molecule has 1 unspecified atom stereocenters. The minimum atomic E-state index is -4.63. The lowest BCUT2D eigenvalue weighted by molar-refractivity contribution is -0.139. The van der Waals surface area contributed by atoms with Crippen LogP contribution in [0.3, 0.4) is 0 Å². The second kappa shape index (κ2) is 5.28. The Kier molecular flexibility index (Phi) is 3.70. The van der Waals surface area contributed by atoms with E-state index in [0.717, 1.165) is 6.07 Å². The van der Waals surface area contributed by atoms with Crippen LogP contribution in [0.15, 0.2) is 18.2 Å². The van der Waals surface area contributed by atoms with Crippen molar-refractivity contribution in [2.24, 2.45) is 0 Å². The van der Waals surface area contributed by atoms with E-state index in [0.29, 0.717) is 6.07 Å². The van der Waals surface area contributed by atoms with Gasteiger partial charge in [0.05, 0.1) is 23.7 Å². The molecule has 1 amide bonds. The summed E-state index contributed by atoms with van der Waals surface area (Å²) >= 11 is 0. The highest BCUT2D eigenvalue weighted by Gasteiger charge is 2.35. The molecule has 1 aliphatic rings. The molecule has 1 aromatic rings. The fourth-order valence-electron chi connectivity index (χ4n) is 1.65. The third kappa shape index (κ3) is 3.12. The summed E-state index contributed by atoms with van der Waals surface area (Å²) in [5, 5.41) is 11.0. The zero-order chi connectivity index (χ0) is 14.8. The Morgan fingerprint density at radius 2 is 2.25 bits per heavy atom. The van der Waals surface area contributed by atoms with Gasteiger partial charge < -0.3 is 14.8 Å². The van der Waals surface area contributed by atoms with Crippen LogP contribution in [0.4, 0.5) is 18.0 Å². The number of halogens is 3. The number of alkyl carbamates (subject to hydrolysis) is 1. The number of nitrogens with one attached hydrogen (secondary N) is 1. The van der Waals surface area contributed by atoms with E-state index in [2.05, 4.69) is 5.32 Å². The first-order valence-corrected chi connectivity index (χ1v) is 5.59. The predicted octanol–water partition coefficient (Wildman–Crippen LogP) is 2.06. The molecule has 106 valence electrons. The van der Waals surface area contributed by atoms with Gasteiger partial charge in [-0.15, -0.1) is 0 Å². The maximum Gasteiger partial charge on any atom is 0.420 e. The summed E-state index contributed by atoms with van der Waals surface area (Å²) in [6.07, 6.45) is -5.90. The summed E-state index contributed by atoms with van der Waals surface area (Å²) in [6.45, 7) is -0.0236. The zero-order valence-electron chi connectivity index (χ0n) is 10.0. The van der Waals surface area contributed by atoms with E-state index in [1.54, 1.807) is 6.07 Å². The van der Waals surface area contributed by atoms with Gasteiger partial charge >= 0.3 is 12.3 Å². The van der Waals surface area contributed by atoms with Crippen molar-refractivity contribution in [1.29, 1.82) is 5.26 Å². The van der Waals surface area contributed by atoms with Crippen LogP contribution in [-0.4, -0.2) is 25.3 Å². The number of carbonyl (C=O) groups excluding carboxylic acids is 1. The van der Waals surface area contributed by atoms with Crippen LogP contribution >= 0.6 is 0 Å². The van der Waals surface area contributed by atoms with Gasteiger partial charge in [-0.2, -0.15) is 18.4 Å². The van der Waals surface area contributed by atoms with Crippen LogP contribution in [0.1, 0.15) is 11.1 Å². The van der Waals surface area contributed by atoms with Crippen molar-refractivity contribution in [2.75, 3.05) is 13.2 Å². The van der Waals surface area contributed by atoms with Gasteiger partial charge in [0.25, 0.3) is 0 Å². The van der Waals surface area contributed by atoms with Gasteiger partial charge in [0.15, 0.2) is 6.10 Å². The van der Waals surface area contributed by atoms with Gasteiger partial charge in [-0.05, 0) is 18.2 Å². The number of amides is 1. The molecular formula is C12H9F3N2O3. The Balaban J connectivity index is 2.14. The lowest BCUT2D eigenvalue weighted by Crippen LogP contribution is -2.23. The quantitative estimate of drug-likeness (QED) is 0.923. The molecule has 0 spiro atoms. The van der Waals surface area contributed by atoms with E-state index in [9.17, 15) is 18.0 Å². The maximum absolute atomic E-state index is 12.8. The van der Waals surface area contributed by atoms with Gasteiger partial charge in [-0.3, -0.25) is 0 Å². The number of nitrogens with zero attached hydrogens (tertiary/aromatic N) is 1. The van der Waals surface area contributed by atoms with Crippen molar-refractivity contribution >= 4 is 6.09 Å². The summed E-state index contributed by atoms with van der Waals surface area (Å²) in [5.41, 5.74) is -1.15. The molecule has 5 nitrogen and oxygen atoms in total. The summed E-state index contributed by atoms with van der Waals surface area (Å²) in [6, 6.07) is 4.65. The first kappa shape index (κ1) is 14.0. The lowest BCUT2D eigenvalue weighted by atomic mass is 10.1. The van der Waals surface area contributed by atoms with Gasteiger partial charge in [0.1, 0.15) is 12.4 Å². The molecule has 1 aliphatic heterocycles. The molecule has 1 aromatic carbocycles. The highest BCUT2D eigenvalue weighted by molar-refractivity contribution is 5.69. The summed E-state index contributed by atoms with van der Waals surface area (Å²) in [7, 11) is 0. The normalized spacial score (nSPS) is 18.1. The van der Waals surface area contributed by atoms with Gasteiger partial charge in [-0.25, -0.2) is 4.79 Å². The third-order valence-electron chi connectivity index (χ3n) is 2.59. The molecular weight excluding hydrogens is 277 g/mol. The van der Waals surface area contributed by atoms with Crippen molar-refractivity contribution < 1.29 is 27.4 Å². The lowest BCUT2D eigenvalue weighted by Gasteiger charge is -2.15. The molecule has 2 rings (SSSR count). The summed E-state index contributed by atoms with van der Waals surface area (Å²) in [4.78, 5) is 10.8. The van der Waals surface area contributed by atoms with Crippen LogP contribution < -0.4 is 10.1 Å². The predicted molar refractivity (Wildman–Crippen MR) is 59.9 cm³/mol. The molecule has 8 heteroatoms. The number of ether oxygens (including phenoxy) is 2. The molecule has 1 saturated heterocycles. The van der Waals surface area contributed by atoms with Crippen LogP contribution in [0.2, 0.25) is 0 Å². The molecule has 0 bridgehead atoms. The fraction of sp³-hybridized carbons (Fsp3) is 0.333. The monoisotopic (exact) mass is 286 g/mol. The molecule has 0 saturated carbocycles. The SMILES string of the molecule is N#Cc1ccc(OCC2CNC(=O)O2)c(C(F)(F)F)c1. The number of nitriles is 1. The molecule has 1 fully saturated rings. The minimum Gasteiger partial charge on any atom is -0.489 e. The number of cyclic esters (lactones) is 1. The molecule has 1 atom stereocenters.